The van der Waals surface area contributed by atoms with Crippen LogP contribution in [0.5, 0.6) is 0 Å². The van der Waals surface area contributed by atoms with E-state index in [4.69, 9.17) is 0 Å². The van der Waals surface area contributed by atoms with Gasteiger partial charge in [0.05, 0.1) is 5.69 Å². The first-order valence-corrected chi connectivity index (χ1v) is 7.81. The molecule has 1 aromatic heterocycles. The highest BCUT2D eigenvalue weighted by molar-refractivity contribution is 7.11. The summed E-state index contributed by atoms with van der Waals surface area (Å²) in [5.74, 6) is 0.747. The number of nitrogens with one attached hydrogen (secondary N) is 2. The quantitative estimate of drug-likeness (QED) is 0.804. The van der Waals surface area contributed by atoms with E-state index in [1.807, 2.05) is 49.6 Å². The van der Waals surface area contributed by atoms with Gasteiger partial charge in [-0.2, -0.15) is 5.26 Å². The van der Waals surface area contributed by atoms with Gasteiger partial charge >= 0.3 is 0 Å². The fourth-order valence-electron chi connectivity index (χ4n) is 1.93. The monoisotopic (exact) mass is 298 g/mol. The Bertz CT molecular complexity index is 644. The summed E-state index contributed by atoms with van der Waals surface area (Å²) in [7, 11) is 0. The van der Waals surface area contributed by atoms with Crippen LogP contribution in [0.25, 0.3) is 16.8 Å². The summed E-state index contributed by atoms with van der Waals surface area (Å²) >= 11 is 1.49. The number of hydrogen-bond acceptors (Lipinski definition) is 5. The van der Waals surface area contributed by atoms with Crippen LogP contribution in [0, 0.1) is 11.3 Å². The molecule has 2 aromatic rings. The van der Waals surface area contributed by atoms with Gasteiger partial charge in [0.1, 0.15) is 22.5 Å². The molecule has 0 fully saturated rings. The molecule has 1 aromatic carbocycles. The van der Waals surface area contributed by atoms with Crippen molar-refractivity contribution in [3.63, 3.8) is 0 Å². The minimum Gasteiger partial charge on any atom is -0.371 e. The van der Waals surface area contributed by atoms with Gasteiger partial charge in [0.2, 0.25) is 0 Å². The Kier molecular flexibility index (Phi) is 5.35. The van der Waals surface area contributed by atoms with E-state index < -0.39 is 0 Å². The molecular weight excluding hydrogens is 280 g/mol. The predicted molar refractivity (Wildman–Crippen MR) is 87.4 cm³/mol. The lowest BCUT2D eigenvalue weighted by Crippen LogP contribution is -2.27. The van der Waals surface area contributed by atoms with Crippen LogP contribution in [0.4, 0.5) is 0 Å². The van der Waals surface area contributed by atoms with E-state index in [9.17, 15) is 5.26 Å². The van der Waals surface area contributed by atoms with E-state index in [-0.39, 0.29) is 0 Å². The molecule has 1 heterocycles. The fourth-order valence-corrected chi connectivity index (χ4v) is 2.76. The molecule has 0 amide bonds. The van der Waals surface area contributed by atoms with Crippen LogP contribution in [0.1, 0.15) is 18.9 Å². The van der Waals surface area contributed by atoms with Crippen LogP contribution in [0.2, 0.25) is 0 Å². The molecule has 0 unspecified atom stereocenters. The van der Waals surface area contributed by atoms with Gasteiger partial charge in [-0.15, -0.1) is 11.3 Å². The Morgan fingerprint density at radius 1 is 1.19 bits per heavy atom. The smallest absolute Gasteiger partial charge is 0.138 e. The van der Waals surface area contributed by atoms with Crippen molar-refractivity contribution in [3.05, 3.63) is 46.5 Å². The first kappa shape index (κ1) is 15.1. The van der Waals surface area contributed by atoms with Gasteiger partial charge in [0, 0.05) is 24.0 Å². The molecular formula is C16H18N4S. The van der Waals surface area contributed by atoms with Crippen molar-refractivity contribution < 1.29 is 0 Å². The SMILES string of the molecule is CCNC(NCC)=C(C#N)c1nc(-c2ccccc2)cs1. The largest absolute Gasteiger partial charge is 0.371 e. The molecule has 4 nitrogen and oxygen atoms in total. The van der Waals surface area contributed by atoms with Gasteiger partial charge in [0.25, 0.3) is 0 Å². The van der Waals surface area contributed by atoms with Crippen molar-refractivity contribution in [1.82, 2.24) is 15.6 Å². The van der Waals surface area contributed by atoms with Crippen molar-refractivity contribution >= 4 is 16.9 Å². The summed E-state index contributed by atoms with van der Waals surface area (Å²) in [4.78, 5) is 4.60. The van der Waals surface area contributed by atoms with Gasteiger partial charge in [-0.05, 0) is 13.8 Å². The van der Waals surface area contributed by atoms with Crippen molar-refractivity contribution in [3.8, 4) is 17.3 Å². The summed E-state index contributed by atoms with van der Waals surface area (Å²) in [6.07, 6.45) is 0. The Hall–Kier alpha value is -2.32. The summed E-state index contributed by atoms with van der Waals surface area (Å²) in [6.45, 7) is 5.52. The zero-order valence-corrected chi connectivity index (χ0v) is 13.0. The zero-order chi connectivity index (χ0) is 15.1. The second-order valence-electron chi connectivity index (χ2n) is 4.33. The molecule has 0 aliphatic heterocycles. The molecule has 108 valence electrons. The molecule has 21 heavy (non-hydrogen) atoms. The van der Waals surface area contributed by atoms with E-state index in [1.165, 1.54) is 11.3 Å². The minimum absolute atomic E-state index is 0.561. The average Bonchev–Trinajstić information content (AvgIpc) is 2.99. The number of aromatic nitrogens is 1. The second kappa shape index (κ2) is 7.46. The van der Waals surface area contributed by atoms with Crippen molar-refractivity contribution in [1.29, 1.82) is 5.26 Å². The van der Waals surface area contributed by atoms with Crippen molar-refractivity contribution in [2.75, 3.05) is 13.1 Å². The third-order valence-electron chi connectivity index (χ3n) is 2.86. The molecule has 0 aliphatic rings. The molecule has 0 radical (unpaired) electrons. The van der Waals surface area contributed by atoms with Crippen molar-refractivity contribution in [2.24, 2.45) is 0 Å². The Morgan fingerprint density at radius 2 is 1.86 bits per heavy atom. The van der Waals surface area contributed by atoms with Crippen LogP contribution in [0.3, 0.4) is 0 Å². The molecule has 0 saturated heterocycles. The molecule has 0 saturated carbocycles. The van der Waals surface area contributed by atoms with Gasteiger partial charge < -0.3 is 10.6 Å². The Morgan fingerprint density at radius 3 is 2.43 bits per heavy atom. The van der Waals surface area contributed by atoms with Gasteiger partial charge in [-0.25, -0.2) is 4.98 Å². The van der Waals surface area contributed by atoms with Gasteiger partial charge in [-0.1, -0.05) is 30.3 Å². The highest BCUT2D eigenvalue weighted by atomic mass is 32.1. The van der Waals surface area contributed by atoms with Gasteiger partial charge in [0.15, 0.2) is 0 Å². The minimum atomic E-state index is 0.561. The summed E-state index contributed by atoms with van der Waals surface area (Å²) < 4.78 is 0. The number of rotatable bonds is 6. The highest BCUT2D eigenvalue weighted by Gasteiger charge is 2.13. The van der Waals surface area contributed by atoms with Gasteiger partial charge in [-0.3, -0.25) is 0 Å². The summed E-state index contributed by atoms with van der Waals surface area (Å²) in [5, 5.41) is 18.6. The number of hydrogen-bond donors (Lipinski definition) is 2. The number of nitriles is 1. The molecule has 5 heteroatoms. The van der Waals surface area contributed by atoms with E-state index >= 15 is 0 Å². The van der Waals surface area contributed by atoms with Crippen molar-refractivity contribution in [2.45, 2.75) is 13.8 Å². The lowest BCUT2D eigenvalue weighted by Gasteiger charge is -2.11. The van der Waals surface area contributed by atoms with Crippen LogP contribution in [-0.2, 0) is 0 Å². The number of nitrogens with zero attached hydrogens (tertiary/aromatic N) is 2. The third-order valence-corrected chi connectivity index (χ3v) is 3.72. The van der Waals surface area contributed by atoms with Crippen LogP contribution >= 0.6 is 11.3 Å². The predicted octanol–water partition coefficient (Wildman–Crippen LogP) is 3.22. The zero-order valence-electron chi connectivity index (χ0n) is 12.2. The molecule has 0 spiro atoms. The maximum Gasteiger partial charge on any atom is 0.138 e. The number of benzene rings is 1. The highest BCUT2D eigenvalue weighted by Crippen LogP contribution is 2.26. The van der Waals surface area contributed by atoms with E-state index in [0.717, 1.165) is 35.2 Å². The second-order valence-corrected chi connectivity index (χ2v) is 5.18. The summed E-state index contributed by atoms with van der Waals surface area (Å²) in [5.41, 5.74) is 2.52. The molecule has 0 atom stereocenters. The maximum absolute atomic E-state index is 9.46. The van der Waals surface area contributed by atoms with E-state index in [2.05, 4.69) is 21.7 Å². The average molecular weight is 298 g/mol. The lowest BCUT2D eigenvalue weighted by molar-refractivity contribution is 0.725. The third kappa shape index (κ3) is 3.61. The summed E-state index contributed by atoms with van der Waals surface area (Å²) in [6, 6.07) is 12.2. The molecule has 2 N–H and O–H groups in total. The van der Waals surface area contributed by atoms with Crippen LogP contribution < -0.4 is 10.6 Å². The number of allylic oxidation sites excluding steroid dienone is 1. The maximum atomic E-state index is 9.46. The normalized spacial score (nSPS) is 9.76. The molecule has 0 aliphatic carbocycles. The van der Waals surface area contributed by atoms with Crippen LogP contribution in [-0.4, -0.2) is 18.1 Å². The Balaban J connectivity index is 2.38. The van der Waals surface area contributed by atoms with E-state index in [0.29, 0.717) is 5.57 Å². The first-order chi connectivity index (χ1) is 10.3. The number of thiazole rings is 1. The van der Waals surface area contributed by atoms with E-state index in [1.54, 1.807) is 0 Å². The standard InChI is InChI=1S/C16H18N4S/c1-3-18-15(19-4-2)13(10-17)16-20-14(11-21-16)12-8-6-5-7-9-12/h5-9,11,18-19H,3-4H2,1-2H3. The topological polar surface area (TPSA) is 60.7 Å². The lowest BCUT2D eigenvalue weighted by atomic mass is 10.2. The van der Waals surface area contributed by atoms with Crippen LogP contribution in [0.15, 0.2) is 41.5 Å². The molecule has 0 bridgehead atoms. The molecule has 2 rings (SSSR count). The first-order valence-electron chi connectivity index (χ1n) is 6.93. The Labute approximate surface area is 129 Å². The fraction of sp³-hybridized carbons (Fsp3) is 0.250.